The van der Waals surface area contributed by atoms with Crippen molar-refractivity contribution in [2.75, 3.05) is 18.1 Å². The van der Waals surface area contributed by atoms with E-state index in [2.05, 4.69) is 0 Å². The fourth-order valence-electron chi connectivity index (χ4n) is 4.67. The molecule has 0 saturated carbocycles. The van der Waals surface area contributed by atoms with Crippen LogP contribution in [0.2, 0.25) is 0 Å². The first-order valence-electron chi connectivity index (χ1n) is 11.3. The van der Waals surface area contributed by atoms with Crippen LogP contribution in [0.3, 0.4) is 0 Å². The van der Waals surface area contributed by atoms with Crippen LogP contribution in [0.4, 0.5) is 5.69 Å². The van der Waals surface area contributed by atoms with Crippen LogP contribution in [0.5, 0.6) is 0 Å². The van der Waals surface area contributed by atoms with Gasteiger partial charge in [-0.25, -0.2) is 4.79 Å². The van der Waals surface area contributed by atoms with Gasteiger partial charge in [-0.1, -0.05) is 66.7 Å². The summed E-state index contributed by atoms with van der Waals surface area (Å²) in [6, 6.07) is 24.4. The minimum atomic E-state index is -0.706. The number of esters is 1. The van der Waals surface area contributed by atoms with Gasteiger partial charge in [0.05, 0.1) is 0 Å². The van der Waals surface area contributed by atoms with Gasteiger partial charge in [0.25, 0.3) is 11.5 Å². The van der Waals surface area contributed by atoms with Gasteiger partial charge in [-0.3, -0.25) is 9.59 Å². The quantitative estimate of drug-likeness (QED) is 0.432. The van der Waals surface area contributed by atoms with Crippen molar-refractivity contribution < 1.29 is 14.3 Å². The number of aromatic nitrogens is 1. The van der Waals surface area contributed by atoms with Gasteiger partial charge >= 0.3 is 5.97 Å². The van der Waals surface area contributed by atoms with Crippen molar-refractivity contribution in [3.63, 3.8) is 0 Å². The van der Waals surface area contributed by atoms with Crippen molar-refractivity contribution in [3.05, 3.63) is 100 Å². The summed E-state index contributed by atoms with van der Waals surface area (Å²) in [7, 11) is 1.56. The van der Waals surface area contributed by atoms with Gasteiger partial charge in [0.1, 0.15) is 5.69 Å². The number of benzene rings is 3. The molecule has 6 nitrogen and oxygen atoms in total. The molecule has 0 N–H and O–H groups in total. The number of carbonyl (C=O) groups is 2. The van der Waals surface area contributed by atoms with Crippen LogP contribution in [-0.2, 0) is 23.0 Å². The molecule has 1 aliphatic heterocycles. The van der Waals surface area contributed by atoms with E-state index >= 15 is 0 Å². The summed E-state index contributed by atoms with van der Waals surface area (Å²) in [5.74, 6) is -0.990. The summed E-state index contributed by atoms with van der Waals surface area (Å²) in [5.41, 5.74) is 3.20. The standard InChI is InChI=1S/C28H24N2O4/c1-29-26(25(20-11-3-2-4-12-20)21-14-6-7-15-22(21)27(29)32)28(33)34-18-24(31)30-17-9-13-19-10-5-8-16-23(19)30/h2-8,10-12,14-16H,9,13,17-18H2,1H3. The molecule has 4 aromatic rings. The monoisotopic (exact) mass is 452 g/mol. The zero-order valence-corrected chi connectivity index (χ0v) is 18.9. The molecule has 0 atom stereocenters. The third kappa shape index (κ3) is 3.77. The van der Waals surface area contributed by atoms with Crippen molar-refractivity contribution in [1.29, 1.82) is 0 Å². The van der Waals surface area contributed by atoms with E-state index in [4.69, 9.17) is 4.74 Å². The molecule has 6 heteroatoms. The second kappa shape index (κ2) is 8.98. The van der Waals surface area contributed by atoms with Gasteiger partial charge in [0.15, 0.2) is 6.61 Å². The lowest BCUT2D eigenvalue weighted by molar-refractivity contribution is -0.121. The Balaban J connectivity index is 1.50. The maximum atomic E-state index is 13.3. The van der Waals surface area contributed by atoms with Crippen molar-refractivity contribution in [1.82, 2.24) is 4.57 Å². The fourth-order valence-corrected chi connectivity index (χ4v) is 4.67. The van der Waals surface area contributed by atoms with Crippen LogP contribution < -0.4 is 10.5 Å². The van der Waals surface area contributed by atoms with Crippen LogP contribution in [-0.4, -0.2) is 29.6 Å². The molecule has 1 aliphatic rings. The molecule has 1 amide bonds. The van der Waals surface area contributed by atoms with Crippen molar-refractivity contribution in [3.8, 4) is 11.1 Å². The van der Waals surface area contributed by atoms with Gasteiger partial charge in [-0.2, -0.15) is 0 Å². The lowest BCUT2D eigenvalue weighted by Crippen LogP contribution is -2.38. The molecule has 0 spiro atoms. The van der Waals surface area contributed by atoms with Crippen LogP contribution >= 0.6 is 0 Å². The first kappa shape index (κ1) is 21.6. The molecule has 5 rings (SSSR count). The number of hydrogen-bond donors (Lipinski definition) is 0. The minimum Gasteiger partial charge on any atom is -0.451 e. The molecule has 0 aliphatic carbocycles. The van der Waals surface area contributed by atoms with Crippen molar-refractivity contribution >= 4 is 28.3 Å². The van der Waals surface area contributed by atoms with Crippen LogP contribution in [0.1, 0.15) is 22.5 Å². The Morgan fingerprint density at radius 1 is 0.882 bits per heavy atom. The van der Waals surface area contributed by atoms with Crippen LogP contribution in [0, 0.1) is 0 Å². The largest absolute Gasteiger partial charge is 0.451 e. The summed E-state index contributed by atoms with van der Waals surface area (Å²) in [6.45, 7) is 0.180. The Hall–Kier alpha value is -4.19. The highest BCUT2D eigenvalue weighted by molar-refractivity contribution is 6.07. The number of rotatable bonds is 4. The van der Waals surface area contributed by atoms with Gasteiger partial charge in [0, 0.05) is 30.2 Å². The number of aryl methyl sites for hydroxylation is 1. The molecule has 0 saturated heterocycles. The normalized spacial score (nSPS) is 12.9. The smallest absolute Gasteiger partial charge is 0.356 e. The van der Waals surface area contributed by atoms with E-state index in [9.17, 15) is 14.4 Å². The summed E-state index contributed by atoms with van der Waals surface area (Å²) in [4.78, 5) is 41.0. The summed E-state index contributed by atoms with van der Waals surface area (Å²) < 4.78 is 6.83. The molecular weight excluding hydrogens is 428 g/mol. The van der Waals surface area contributed by atoms with E-state index in [1.807, 2.05) is 66.7 Å². The Morgan fingerprint density at radius 2 is 1.56 bits per heavy atom. The molecule has 3 aromatic carbocycles. The second-order valence-electron chi connectivity index (χ2n) is 8.35. The van der Waals surface area contributed by atoms with Gasteiger partial charge in [0.2, 0.25) is 0 Å². The number of carbonyl (C=O) groups excluding carboxylic acids is 2. The number of anilines is 1. The lowest BCUT2D eigenvalue weighted by atomic mass is 9.97. The number of fused-ring (bicyclic) bond motifs is 2. The maximum Gasteiger partial charge on any atom is 0.356 e. The Kier molecular flexibility index (Phi) is 5.72. The molecule has 0 fully saturated rings. The number of nitrogens with zero attached hydrogens (tertiary/aromatic N) is 2. The molecule has 0 bridgehead atoms. The molecule has 2 heterocycles. The molecule has 170 valence electrons. The van der Waals surface area contributed by atoms with E-state index in [1.165, 1.54) is 4.57 Å². The van der Waals surface area contributed by atoms with Crippen molar-refractivity contribution in [2.24, 2.45) is 7.05 Å². The molecule has 0 unspecified atom stereocenters. The SMILES string of the molecule is Cn1c(C(=O)OCC(=O)N2CCCc3ccccc32)c(-c2ccccc2)c2ccccc2c1=O. The average Bonchev–Trinajstić information content (AvgIpc) is 2.89. The highest BCUT2D eigenvalue weighted by Gasteiger charge is 2.26. The Bertz CT molecular complexity index is 1460. The van der Waals surface area contributed by atoms with Crippen molar-refractivity contribution in [2.45, 2.75) is 12.8 Å². The van der Waals surface area contributed by atoms with E-state index in [0.29, 0.717) is 22.9 Å². The highest BCUT2D eigenvalue weighted by Crippen LogP contribution is 2.31. The predicted molar refractivity (Wildman–Crippen MR) is 132 cm³/mol. The number of ether oxygens (including phenoxy) is 1. The molecule has 1 aromatic heterocycles. The third-order valence-corrected chi connectivity index (χ3v) is 6.30. The van der Waals surface area contributed by atoms with Gasteiger partial charge in [-0.15, -0.1) is 0 Å². The first-order chi connectivity index (χ1) is 16.6. The predicted octanol–water partition coefficient (Wildman–Crippen LogP) is 4.34. The van der Waals surface area contributed by atoms with E-state index in [-0.39, 0.29) is 17.2 Å². The van der Waals surface area contributed by atoms with Gasteiger partial charge < -0.3 is 14.2 Å². The number of pyridine rings is 1. The maximum absolute atomic E-state index is 13.3. The number of para-hydroxylation sites is 1. The summed E-state index contributed by atoms with van der Waals surface area (Å²) in [6.07, 6.45) is 1.77. The zero-order valence-electron chi connectivity index (χ0n) is 18.9. The minimum absolute atomic E-state index is 0.127. The number of amides is 1. The van der Waals surface area contributed by atoms with E-state index in [1.54, 1.807) is 24.1 Å². The molecular formula is C28H24N2O4. The zero-order chi connectivity index (χ0) is 23.7. The lowest BCUT2D eigenvalue weighted by Gasteiger charge is -2.29. The summed E-state index contributed by atoms with van der Waals surface area (Å²) >= 11 is 0. The molecule has 34 heavy (non-hydrogen) atoms. The van der Waals surface area contributed by atoms with Gasteiger partial charge in [-0.05, 0) is 41.5 Å². The van der Waals surface area contributed by atoms with E-state index in [0.717, 1.165) is 29.7 Å². The average molecular weight is 453 g/mol. The highest BCUT2D eigenvalue weighted by atomic mass is 16.5. The Labute approximate surface area is 197 Å². The fraction of sp³-hybridized carbons (Fsp3) is 0.179. The second-order valence-corrected chi connectivity index (χ2v) is 8.35. The topological polar surface area (TPSA) is 68.6 Å². The number of hydrogen-bond acceptors (Lipinski definition) is 4. The van der Waals surface area contributed by atoms with Crippen LogP contribution in [0.15, 0.2) is 83.7 Å². The Morgan fingerprint density at radius 3 is 2.35 bits per heavy atom. The van der Waals surface area contributed by atoms with Crippen LogP contribution in [0.25, 0.3) is 21.9 Å². The first-order valence-corrected chi connectivity index (χ1v) is 11.3. The van der Waals surface area contributed by atoms with E-state index < -0.39 is 12.6 Å². The molecule has 0 radical (unpaired) electrons. The third-order valence-electron chi connectivity index (χ3n) is 6.30. The summed E-state index contributed by atoms with van der Waals surface area (Å²) in [5, 5.41) is 1.18.